The van der Waals surface area contributed by atoms with E-state index in [1.54, 1.807) is 11.6 Å². The number of rotatable bonds is 3. The van der Waals surface area contributed by atoms with Crippen LogP contribution in [0.25, 0.3) is 5.13 Å². The zero-order valence-corrected chi connectivity index (χ0v) is 10.7. The largest absolute Gasteiger partial charge is 0.300 e. The Kier molecular flexibility index (Phi) is 2.91. The number of thiazole rings is 2. The lowest BCUT2D eigenvalue weighted by Gasteiger charge is -1.97. The van der Waals surface area contributed by atoms with Crippen LogP contribution in [-0.4, -0.2) is 20.4 Å². The van der Waals surface area contributed by atoms with Crippen molar-refractivity contribution in [2.75, 3.05) is 5.32 Å². The fraction of sp³-hybridized carbons (Fsp3) is 0. The van der Waals surface area contributed by atoms with Gasteiger partial charge >= 0.3 is 0 Å². The van der Waals surface area contributed by atoms with Crippen LogP contribution in [0.15, 0.2) is 41.5 Å². The topological polar surface area (TPSA) is 59.8 Å². The molecule has 0 aliphatic heterocycles. The van der Waals surface area contributed by atoms with Gasteiger partial charge in [0, 0.05) is 29.4 Å². The van der Waals surface area contributed by atoms with Gasteiger partial charge in [0.1, 0.15) is 5.69 Å². The minimum absolute atomic E-state index is 0.236. The Labute approximate surface area is 111 Å². The summed E-state index contributed by atoms with van der Waals surface area (Å²) in [5, 5.41) is 7.59. The van der Waals surface area contributed by atoms with Crippen LogP contribution in [0, 0.1) is 0 Å². The molecule has 0 saturated heterocycles. The third kappa shape index (κ3) is 2.18. The molecule has 5 nitrogen and oxygen atoms in total. The number of amides is 1. The predicted molar refractivity (Wildman–Crippen MR) is 71.5 cm³/mol. The van der Waals surface area contributed by atoms with Gasteiger partial charge in [0.2, 0.25) is 0 Å². The van der Waals surface area contributed by atoms with Gasteiger partial charge in [0.15, 0.2) is 10.3 Å². The van der Waals surface area contributed by atoms with E-state index in [2.05, 4.69) is 15.3 Å². The highest BCUT2D eigenvalue weighted by molar-refractivity contribution is 7.14. The van der Waals surface area contributed by atoms with Crippen LogP contribution in [0.5, 0.6) is 0 Å². The summed E-state index contributed by atoms with van der Waals surface area (Å²) < 4.78 is 1.87. The zero-order chi connectivity index (χ0) is 12.4. The molecule has 0 saturated carbocycles. The van der Waals surface area contributed by atoms with Crippen molar-refractivity contribution in [3.05, 3.63) is 47.2 Å². The molecule has 0 aliphatic carbocycles. The van der Waals surface area contributed by atoms with Crippen LogP contribution < -0.4 is 5.32 Å². The standard InChI is InChI=1S/C11H8N4OS2/c16-9(14-10-12-3-6-17-10)8-7-18-11(13-8)15-4-1-2-5-15/h1-7H,(H,12,14,16). The van der Waals surface area contributed by atoms with Crippen LogP contribution in [0.4, 0.5) is 5.13 Å². The van der Waals surface area contributed by atoms with E-state index in [4.69, 9.17) is 0 Å². The average Bonchev–Trinajstić information content (AvgIpc) is 3.11. The molecule has 0 spiro atoms. The molecule has 0 fully saturated rings. The SMILES string of the molecule is O=C(Nc1nccs1)c1csc(-n2cccc2)n1. The van der Waals surface area contributed by atoms with E-state index >= 15 is 0 Å². The first-order chi connectivity index (χ1) is 8.83. The maximum absolute atomic E-state index is 11.9. The first kappa shape index (κ1) is 11.1. The van der Waals surface area contributed by atoms with Gasteiger partial charge in [-0.2, -0.15) is 0 Å². The molecule has 3 aromatic rings. The lowest BCUT2D eigenvalue weighted by Crippen LogP contribution is -2.12. The molecule has 90 valence electrons. The number of anilines is 1. The summed E-state index contributed by atoms with van der Waals surface area (Å²) in [6.45, 7) is 0. The van der Waals surface area contributed by atoms with Crippen molar-refractivity contribution in [3.8, 4) is 5.13 Å². The zero-order valence-electron chi connectivity index (χ0n) is 9.11. The lowest BCUT2D eigenvalue weighted by atomic mass is 10.5. The van der Waals surface area contributed by atoms with Gasteiger partial charge in [-0.15, -0.1) is 22.7 Å². The third-order valence-electron chi connectivity index (χ3n) is 2.20. The predicted octanol–water partition coefficient (Wildman–Crippen LogP) is 2.64. The monoisotopic (exact) mass is 276 g/mol. The number of nitrogens with zero attached hydrogens (tertiary/aromatic N) is 3. The van der Waals surface area contributed by atoms with Crippen molar-refractivity contribution in [2.24, 2.45) is 0 Å². The molecular formula is C11H8N4OS2. The number of carbonyl (C=O) groups excluding carboxylic acids is 1. The second-order valence-electron chi connectivity index (χ2n) is 3.40. The number of carbonyl (C=O) groups is 1. The summed E-state index contributed by atoms with van der Waals surface area (Å²) in [5.74, 6) is -0.236. The number of nitrogens with one attached hydrogen (secondary N) is 1. The first-order valence-corrected chi connectivity index (χ1v) is 6.88. The molecule has 3 aromatic heterocycles. The highest BCUT2D eigenvalue weighted by atomic mass is 32.1. The molecular weight excluding hydrogens is 268 g/mol. The maximum Gasteiger partial charge on any atom is 0.276 e. The highest BCUT2D eigenvalue weighted by Crippen LogP contribution is 2.17. The van der Waals surface area contributed by atoms with Crippen molar-refractivity contribution in [3.63, 3.8) is 0 Å². The molecule has 7 heteroatoms. The van der Waals surface area contributed by atoms with E-state index in [0.29, 0.717) is 10.8 Å². The Morgan fingerprint density at radius 1 is 1.28 bits per heavy atom. The summed E-state index contributed by atoms with van der Waals surface area (Å²) in [6, 6.07) is 3.83. The molecule has 0 aliphatic rings. The number of hydrogen-bond acceptors (Lipinski definition) is 5. The van der Waals surface area contributed by atoms with E-state index in [1.807, 2.05) is 34.5 Å². The average molecular weight is 276 g/mol. The molecule has 1 amide bonds. The van der Waals surface area contributed by atoms with Gasteiger partial charge in [-0.05, 0) is 12.1 Å². The molecule has 1 N–H and O–H groups in total. The van der Waals surface area contributed by atoms with Crippen molar-refractivity contribution < 1.29 is 4.79 Å². The molecule has 0 bridgehead atoms. The fourth-order valence-electron chi connectivity index (χ4n) is 1.40. The molecule has 18 heavy (non-hydrogen) atoms. The maximum atomic E-state index is 11.9. The molecule has 3 heterocycles. The van der Waals surface area contributed by atoms with Gasteiger partial charge in [-0.25, -0.2) is 9.97 Å². The summed E-state index contributed by atoms with van der Waals surface area (Å²) in [4.78, 5) is 20.2. The van der Waals surface area contributed by atoms with E-state index in [0.717, 1.165) is 5.13 Å². The number of hydrogen-bond donors (Lipinski definition) is 1. The summed E-state index contributed by atoms with van der Waals surface area (Å²) in [7, 11) is 0. The second kappa shape index (κ2) is 4.71. The summed E-state index contributed by atoms with van der Waals surface area (Å²) in [5.41, 5.74) is 0.402. The van der Waals surface area contributed by atoms with Crippen LogP contribution in [0.1, 0.15) is 10.5 Å². The quantitative estimate of drug-likeness (QED) is 0.800. The van der Waals surface area contributed by atoms with Crippen LogP contribution in [-0.2, 0) is 0 Å². The van der Waals surface area contributed by atoms with Gasteiger partial charge in [-0.3, -0.25) is 10.1 Å². The smallest absolute Gasteiger partial charge is 0.276 e. The van der Waals surface area contributed by atoms with Crippen molar-refractivity contribution in [2.45, 2.75) is 0 Å². The van der Waals surface area contributed by atoms with E-state index < -0.39 is 0 Å². The van der Waals surface area contributed by atoms with Crippen molar-refractivity contribution in [1.82, 2.24) is 14.5 Å². The Hall–Kier alpha value is -1.99. The van der Waals surface area contributed by atoms with Crippen LogP contribution in [0.3, 0.4) is 0 Å². The van der Waals surface area contributed by atoms with Crippen LogP contribution >= 0.6 is 22.7 Å². The van der Waals surface area contributed by atoms with E-state index in [1.165, 1.54) is 22.7 Å². The third-order valence-corrected chi connectivity index (χ3v) is 3.75. The van der Waals surface area contributed by atoms with Gasteiger partial charge in [0.25, 0.3) is 5.91 Å². The van der Waals surface area contributed by atoms with Crippen molar-refractivity contribution in [1.29, 1.82) is 0 Å². The normalized spacial score (nSPS) is 10.4. The molecule has 0 atom stereocenters. The molecule has 0 radical (unpaired) electrons. The van der Waals surface area contributed by atoms with Crippen molar-refractivity contribution >= 4 is 33.7 Å². The van der Waals surface area contributed by atoms with E-state index in [9.17, 15) is 4.79 Å². The molecule has 3 rings (SSSR count). The minimum atomic E-state index is -0.236. The van der Waals surface area contributed by atoms with Gasteiger partial charge < -0.3 is 4.57 Å². The summed E-state index contributed by atoms with van der Waals surface area (Å²) in [6.07, 6.45) is 5.43. The van der Waals surface area contributed by atoms with Crippen LogP contribution in [0.2, 0.25) is 0 Å². The Morgan fingerprint density at radius 3 is 2.83 bits per heavy atom. The first-order valence-electron chi connectivity index (χ1n) is 5.12. The van der Waals surface area contributed by atoms with E-state index in [-0.39, 0.29) is 5.91 Å². The van der Waals surface area contributed by atoms with Gasteiger partial charge in [-0.1, -0.05) is 0 Å². The Morgan fingerprint density at radius 2 is 2.11 bits per heavy atom. The summed E-state index contributed by atoms with van der Waals surface area (Å²) >= 11 is 2.80. The minimum Gasteiger partial charge on any atom is -0.300 e. The Balaban J connectivity index is 1.79. The molecule has 0 aromatic carbocycles. The number of aromatic nitrogens is 3. The fourth-order valence-corrected chi connectivity index (χ4v) is 2.69. The second-order valence-corrected chi connectivity index (χ2v) is 5.13. The lowest BCUT2D eigenvalue weighted by molar-refractivity contribution is 0.102. The van der Waals surface area contributed by atoms with Gasteiger partial charge in [0.05, 0.1) is 0 Å². The highest BCUT2D eigenvalue weighted by Gasteiger charge is 2.12. The Bertz CT molecular complexity index is 642. The molecule has 0 unspecified atom stereocenters.